The number of hydrogen-bond donors (Lipinski definition) is 1. The number of hydrogen-bond acceptors (Lipinski definition) is 3. The summed E-state index contributed by atoms with van der Waals surface area (Å²) in [5, 5.41) is 2.88. The molecule has 0 saturated heterocycles. The highest BCUT2D eigenvalue weighted by Gasteiger charge is 2.32. The molecule has 0 unspecified atom stereocenters. The van der Waals surface area contributed by atoms with Crippen molar-refractivity contribution in [2.45, 2.75) is 5.92 Å². The fourth-order valence-electron chi connectivity index (χ4n) is 3.19. The van der Waals surface area contributed by atoms with Gasteiger partial charge in [-0.15, -0.1) is 0 Å². The molecule has 5 heteroatoms. The number of nitrogens with one attached hydrogen (secondary N) is 1. The molecule has 4 nitrogen and oxygen atoms in total. The summed E-state index contributed by atoms with van der Waals surface area (Å²) in [4.78, 5) is 12.9. The van der Waals surface area contributed by atoms with Crippen molar-refractivity contribution < 1.29 is 18.7 Å². The lowest BCUT2D eigenvalue weighted by Gasteiger charge is -2.27. The number of carbonyl (C=O) groups is 1. The molecule has 4 rings (SSSR count). The average molecular weight is 363 g/mol. The zero-order valence-electron chi connectivity index (χ0n) is 14.5. The fraction of sp³-hybridized carbons (Fsp3) is 0.136. The van der Waals surface area contributed by atoms with Crippen LogP contribution >= 0.6 is 0 Å². The Morgan fingerprint density at radius 3 is 2.19 bits per heavy atom. The molecule has 0 atom stereocenters. The van der Waals surface area contributed by atoms with E-state index in [1.54, 1.807) is 18.2 Å². The number of benzene rings is 3. The van der Waals surface area contributed by atoms with E-state index in [1.807, 2.05) is 48.5 Å². The van der Waals surface area contributed by atoms with E-state index in [2.05, 4.69) is 5.32 Å². The third kappa shape index (κ3) is 3.49. The summed E-state index contributed by atoms with van der Waals surface area (Å²) >= 11 is 0. The van der Waals surface area contributed by atoms with Crippen LogP contribution in [0.4, 0.5) is 4.39 Å². The van der Waals surface area contributed by atoms with Crippen LogP contribution in [0.15, 0.2) is 72.8 Å². The van der Waals surface area contributed by atoms with E-state index < -0.39 is 11.7 Å². The van der Waals surface area contributed by atoms with Gasteiger partial charge in [0.15, 0.2) is 11.6 Å². The van der Waals surface area contributed by atoms with Gasteiger partial charge in [0, 0.05) is 11.1 Å². The summed E-state index contributed by atoms with van der Waals surface area (Å²) in [6.45, 7) is 0.452. The van der Waals surface area contributed by atoms with Gasteiger partial charge in [-0.3, -0.25) is 4.79 Å². The molecular formula is C22H18FNO3. The molecule has 1 aliphatic heterocycles. The molecule has 0 aliphatic carbocycles. The van der Waals surface area contributed by atoms with Gasteiger partial charge in [0.25, 0.3) is 0 Å². The quantitative estimate of drug-likeness (QED) is 0.689. The largest absolute Gasteiger partial charge is 0.489 e. The molecule has 0 saturated carbocycles. The Balaban J connectivity index is 1.46. The molecule has 0 spiro atoms. The first-order valence-electron chi connectivity index (χ1n) is 8.75. The van der Waals surface area contributed by atoms with Crippen molar-refractivity contribution in [2.24, 2.45) is 0 Å². The van der Waals surface area contributed by atoms with Gasteiger partial charge in [-0.1, -0.05) is 48.5 Å². The summed E-state index contributed by atoms with van der Waals surface area (Å²) in [6, 6.07) is 21.2. The van der Waals surface area contributed by atoms with E-state index in [9.17, 15) is 9.18 Å². The standard InChI is InChI=1S/C22H18FNO3/c23-17-9-3-6-12-20(17)26-14-13-24-22(25)21-15-7-1-4-10-18(15)27-19-11-5-2-8-16(19)21/h1-12,21H,13-14H2,(H,24,25). The number of fused-ring (bicyclic) bond motifs is 2. The minimum atomic E-state index is -0.459. The molecule has 0 bridgehead atoms. The SMILES string of the molecule is O=C(NCCOc1ccccc1F)C1c2ccccc2Oc2ccccc21. The van der Waals surface area contributed by atoms with Crippen LogP contribution < -0.4 is 14.8 Å². The lowest BCUT2D eigenvalue weighted by Crippen LogP contribution is -2.34. The molecule has 3 aromatic rings. The van der Waals surface area contributed by atoms with Gasteiger partial charge >= 0.3 is 0 Å². The Morgan fingerprint density at radius 2 is 1.52 bits per heavy atom. The lowest BCUT2D eigenvalue weighted by molar-refractivity contribution is -0.121. The summed E-state index contributed by atoms with van der Waals surface area (Å²) in [5.41, 5.74) is 1.65. The summed E-state index contributed by atoms with van der Waals surface area (Å²) < 4.78 is 24.9. The van der Waals surface area contributed by atoms with Gasteiger partial charge < -0.3 is 14.8 Å². The van der Waals surface area contributed by atoms with E-state index in [0.29, 0.717) is 11.5 Å². The van der Waals surface area contributed by atoms with E-state index in [-0.39, 0.29) is 24.8 Å². The van der Waals surface area contributed by atoms with Crippen molar-refractivity contribution in [2.75, 3.05) is 13.2 Å². The van der Waals surface area contributed by atoms with Crippen molar-refractivity contribution in [1.82, 2.24) is 5.32 Å². The maximum absolute atomic E-state index is 13.6. The maximum atomic E-state index is 13.6. The van der Waals surface area contributed by atoms with Gasteiger partial charge in [-0.25, -0.2) is 4.39 Å². The van der Waals surface area contributed by atoms with Crippen LogP contribution in [0.2, 0.25) is 0 Å². The second kappa shape index (κ2) is 7.50. The summed E-state index contributed by atoms with van der Waals surface area (Å²) in [6.07, 6.45) is 0. The van der Waals surface area contributed by atoms with Gasteiger partial charge in [0.1, 0.15) is 18.1 Å². The van der Waals surface area contributed by atoms with Crippen molar-refractivity contribution in [3.8, 4) is 17.2 Å². The molecule has 0 radical (unpaired) electrons. The minimum Gasteiger partial charge on any atom is -0.489 e. The Hall–Kier alpha value is -3.34. The summed E-state index contributed by atoms with van der Waals surface area (Å²) in [5.74, 6) is 0.512. The smallest absolute Gasteiger partial charge is 0.232 e. The van der Waals surface area contributed by atoms with Crippen LogP contribution in [0.5, 0.6) is 17.2 Å². The fourth-order valence-corrected chi connectivity index (χ4v) is 3.19. The zero-order chi connectivity index (χ0) is 18.6. The third-order valence-electron chi connectivity index (χ3n) is 4.44. The monoisotopic (exact) mass is 363 g/mol. The number of halogens is 1. The van der Waals surface area contributed by atoms with Gasteiger partial charge in [0.05, 0.1) is 12.5 Å². The predicted octanol–water partition coefficient (Wildman–Crippen LogP) is 4.26. The topological polar surface area (TPSA) is 47.6 Å². The first kappa shape index (κ1) is 17.1. The van der Waals surface area contributed by atoms with E-state index in [1.165, 1.54) is 6.07 Å². The lowest BCUT2D eigenvalue weighted by atomic mass is 9.87. The Bertz CT molecular complexity index is 928. The van der Waals surface area contributed by atoms with E-state index >= 15 is 0 Å². The first-order valence-corrected chi connectivity index (χ1v) is 8.75. The van der Waals surface area contributed by atoms with Crippen LogP contribution in [0, 0.1) is 5.82 Å². The van der Waals surface area contributed by atoms with Crippen LogP contribution in [-0.2, 0) is 4.79 Å². The van der Waals surface area contributed by atoms with Crippen LogP contribution in [0.25, 0.3) is 0 Å². The predicted molar refractivity (Wildman–Crippen MR) is 99.7 cm³/mol. The highest BCUT2D eigenvalue weighted by Crippen LogP contribution is 2.43. The number of para-hydroxylation sites is 3. The second-order valence-electron chi connectivity index (χ2n) is 6.18. The van der Waals surface area contributed by atoms with Crippen molar-refractivity contribution in [1.29, 1.82) is 0 Å². The number of rotatable bonds is 5. The molecule has 3 aromatic carbocycles. The molecule has 136 valence electrons. The molecule has 1 heterocycles. The van der Waals surface area contributed by atoms with Gasteiger partial charge in [-0.05, 0) is 24.3 Å². The molecule has 1 amide bonds. The van der Waals surface area contributed by atoms with E-state index in [4.69, 9.17) is 9.47 Å². The second-order valence-corrected chi connectivity index (χ2v) is 6.18. The Labute approximate surface area is 156 Å². The average Bonchev–Trinajstić information content (AvgIpc) is 2.70. The molecule has 1 aliphatic rings. The maximum Gasteiger partial charge on any atom is 0.232 e. The number of amides is 1. The zero-order valence-corrected chi connectivity index (χ0v) is 14.5. The normalized spacial score (nSPS) is 12.5. The minimum absolute atomic E-state index is 0.143. The van der Waals surface area contributed by atoms with Crippen molar-refractivity contribution in [3.63, 3.8) is 0 Å². The number of carbonyl (C=O) groups excluding carboxylic acids is 1. The first-order chi connectivity index (χ1) is 13.2. The van der Waals surface area contributed by atoms with Gasteiger partial charge in [-0.2, -0.15) is 0 Å². The van der Waals surface area contributed by atoms with Crippen molar-refractivity contribution >= 4 is 5.91 Å². The summed E-state index contributed by atoms with van der Waals surface area (Å²) in [7, 11) is 0. The van der Waals surface area contributed by atoms with E-state index in [0.717, 1.165) is 11.1 Å². The van der Waals surface area contributed by atoms with Crippen molar-refractivity contribution in [3.05, 3.63) is 89.7 Å². The molecule has 1 N–H and O–H groups in total. The van der Waals surface area contributed by atoms with Crippen LogP contribution in [0.3, 0.4) is 0 Å². The highest BCUT2D eigenvalue weighted by atomic mass is 19.1. The molecule has 0 aromatic heterocycles. The molecule has 27 heavy (non-hydrogen) atoms. The number of ether oxygens (including phenoxy) is 2. The van der Waals surface area contributed by atoms with Crippen LogP contribution in [0.1, 0.15) is 17.0 Å². The van der Waals surface area contributed by atoms with Gasteiger partial charge in [0.2, 0.25) is 5.91 Å². The Kier molecular flexibility index (Phi) is 4.75. The molecular weight excluding hydrogens is 345 g/mol. The van der Waals surface area contributed by atoms with Crippen LogP contribution in [-0.4, -0.2) is 19.1 Å². The molecule has 0 fully saturated rings. The highest BCUT2D eigenvalue weighted by molar-refractivity contribution is 5.89. The Morgan fingerprint density at radius 1 is 0.926 bits per heavy atom. The third-order valence-corrected chi connectivity index (χ3v) is 4.44.